The number of rotatable bonds is 7. The van der Waals surface area contributed by atoms with Crippen LogP contribution in [0.5, 0.6) is 0 Å². The van der Waals surface area contributed by atoms with E-state index in [1.165, 1.54) is 24.8 Å². The van der Waals surface area contributed by atoms with Gasteiger partial charge < -0.3 is 0 Å². The molecule has 0 radical (unpaired) electrons. The van der Waals surface area contributed by atoms with Crippen LogP contribution in [0.25, 0.3) is 0 Å². The van der Waals surface area contributed by atoms with Gasteiger partial charge in [0.2, 0.25) is 0 Å². The lowest BCUT2D eigenvalue weighted by Crippen LogP contribution is -2.33. The van der Waals surface area contributed by atoms with Crippen LogP contribution < -0.4 is 0 Å². The van der Waals surface area contributed by atoms with Crippen molar-refractivity contribution in [3.8, 4) is 0 Å². The molecule has 0 bridgehead atoms. The predicted molar refractivity (Wildman–Crippen MR) is 89.4 cm³/mol. The SMILES string of the molecule is CCC(CC)CC(CBr)(CBr)c1ccccc1Cl. The van der Waals surface area contributed by atoms with Gasteiger partial charge in [0.25, 0.3) is 0 Å². The van der Waals surface area contributed by atoms with E-state index >= 15 is 0 Å². The third-order valence-electron chi connectivity index (χ3n) is 3.79. The molecule has 1 rings (SSSR count). The van der Waals surface area contributed by atoms with Crippen LogP contribution >= 0.6 is 43.5 Å². The van der Waals surface area contributed by atoms with Crippen molar-refractivity contribution in [3.63, 3.8) is 0 Å². The van der Waals surface area contributed by atoms with Crippen LogP contribution in [0.15, 0.2) is 24.3 Å². The zero-order valence-electron chi connectivity index (χ0n) is 11.1. The summed E-state index contributed by atoms with van der Waals surface area (Å²) >= 11 is 13.8. The van der Waals surface area contributed by atoms with E-state index in [-0.39, 0.29) is 5.41 Å². The normalized spacial score (nSPS) is 12.1. The van der Waals surface area contributed by atoms with Gasteiger partial charge in [-0.3, -0.25) is 0 Å². The molecule has 0 unspecified atom stereocenters. The average molecular weight is 397 g/mol. The number of benzene rings is 1. The van der Waals surface area contributed by atoms with Gasteiger partial charge in [-0.05, 0) is 24.0 Å². The standard InChI is InChI=1S/C15H21Br2Cl/c1-3-12(4-2)9-15(10-16,11-17)13-7-5-6-8-14(13)18/h5-8,12H,3-4,9-11H2,1-2H3. The molecule has 0 nitrogen and oxygen atoms in total. The van der Waals surface area contributed by atoms with E-state index in [1.54, 1.807) is 0 Å². The van der Waals surface area contributed by atoms with Crippen LogP contribution in [0.3, 0.4) is 0 Å². The quantitative estimate of drug-likeness (QED) is 0.482. The molecule has 0 spiro atoms. The van der Waals surface area contributed by atoms with Gasteiger partial charge in [0.1, 0.15) is 0 Å². The van der Waals surface area contributed by atoms with E-state index in [2.05, 4.69) is 57.8 Å². The number of hydrogen-bond donors (Lipinski definition) is 0. The van der Waals surface area contributed by atoms with Crippen LogP contribution in [-0.2, 0) is 5.41 Å². The molecule has 0 aliphatic heterocycles. The molecule has 0 saturated heterocycles. The van der Waals surface area contributed by atoms with Crippen molar-refractivity contribution in [1.82, 2.24) is 0 Å². The highest BCUT2D eigenvalue weighted by molar-refractivity contribution is 9.09. The minimum absolute atomic E-state index is 0.0923. The first-order valence-corrected chi connectivity index (χ1v) is 9.12. The summed E-state index contributed by atoms with van der Waals surface area (Å²) < 4.78 is 0. The van der Waals surface area contributed by atoms with Crippen LogP contribution in [0.2, 0.25) is 5.02 Å². The van der Waals surface area contributed by atoms with E-state index < -0.39 is 0 Å². The maximum Gasteiger partial charge on any atom is 0.0444 e. The number of hydrogen-bond acceptors (Lipinski definition) is 0. The molecule has 0 atom stereocenters. The van der Waals surface area contributed by atoms with Crippen molar-refractivity contribution >= 4 is 43.5 Å². The fourth-order valence-corrected chi connectivity index (χ4v) is 4.75. The van der Waals surface area contributed by atoms with E-state index in [0.29, 0.717) is 0 Å². The van der Waals surface area contributed by atoms with E-state index in [9.17, 15) is 0 Å². The lowest BCUT2D eigenvalue weighted by atomic mass is 9.75. The largest absolute Gasteiger partial charge is 0.0918 e. The maximum atomic E-state index is 6.39. The van der Waals surface area contributed by atoms with E-state index in [1.807, 2.05) is 12.1 Å². The lowest BCUT2D eigenvalue weighted by Gasteiger charge is -2.34. The summed E-state index contributed by atoms with van der Waals surface area (Å²) in [7, 11) is 0. The summed E-state index contributed by atoms with van der Waals surface area (Å²) in [4.78, 5) is 0. The Morgan fingerprint density at radius 1 is 1.11 bits per heavy atom. The molecule has 18 heavy (non-hydrogen) atoms. The second-order valence-electron chi connectivity index (χ2n) is 4.91. The Hall–Kier alpha value is 0.470. The summed E-state index contributed by atoms with van der Waals surface area (Å²) in [6.45, 7) is 4.54. The monoisotopic (exact) mass is 394 g/mol. The van der Waals surface area contributed by atoms with E-state index in [0.717, 1.165) is 21.6 Å². The molecule has 0 N–H and O–H groups in total. The number of alkyl halides is 2. The molecule has 0 heterocycles. The topological polar surface area (TPSA) is 0 Å². The van der Waals surface area contributed by atoms with Gasteiger partial charge in [0, 0.05) is 21.1 Å². The molecular formula is C15H21Br2Cl. The molecular weight excluding hydrogens is 375 g/mol. The first kappa shape index (κ1) is 16.5. The first-order valence-electron chi connectivity index (χ1n) is 6.50. The Bertz CT molecular complexity index is 357. The molecule has 0 amide bonds. The highest BCUT2D eigenvalue weighted by Gasteiger charge is 2.33. The van der Waals surface area contributed by atoms with Crippen LogP contribution in [0.1, 0.15) is 38.7 Å². The molecule has 0 saturated carbocycles. The summed E-state index contributed by atoms with van der Waals surface area (Å²) in [5.74, 6) is 0.747. The molecule has 1 aromatic carbocycles. The summed E-state index contributed by atoms with van der Waals surface area (Å²) in [6.07, 6.45) is 3.62. The van der Waals surface area contributed by atoms with Crippen molar-refractivity contribution in [2.45, 2.75) is 38.5 Å². The van der Waals surface area contributed by atoms with Crippen LogP contribution in [0.4, 0.5) is 0 Å². The van der Waals surface area contributed by atoms with Gasteiger partial charge >= 0.3 is 0 Å². The Balaban J connectivity index is 3.10. The average Bonchev–Trinajstić information content (AvgIpc) is 2.42. The third-order valence-corrected chi connectivity index (χ3v) is 6.27. The molecule has 0 aliphatic carbocycles. The van der Waals surface area contributed by atoms with Crippen LogP contribution in [-0.4, -0.2) is 10.7 Å². The Morgan fingerprint density at radius 2 is 1.67 bits per heavy atom. The fourth-order valence-electron chi connectivity index (χ4n) is 2.42. The van der Waals surface area contributed by atoms with Crippen molar-refractivity contribution in [2.24, 2.45) is 5.92 Å². The summed E-state index contributed by atoms with van der Waals surface area (Å²) in [5, 5.41) is 2.75. The zero-order valence-corrected chi connectivity index (χ0v) is 15.0. The minimum Gasteiger partial charge on any atom is -0.0918 e. The Labute approximate surface area is 133 Å². The van der Waals surface area contributed by atoms with Gasteiger partial charge in [0.05, 0.1) is 0 Å². The van der Waals surface area contributed by atoms with Gasteiger partial charge in [-0.2, -0.15) is 0 Å². The highest BCUT2D eigenvalue weighted by atomic mass is 79.9. The lowest BCUT2D eigenvalue weighted by molar-refractivity contribution is 0.355. The molecule has 0 aliphatic rings. The molecule has 3 heteroatoms. The molecule has 102 valence electrons. The van der Waals surface area contributed by atoms with Crippen molar-refractivity contribution in [2.75, 3.05) is 10.7 Å². The first-order chi connectivity index (χ1) is 8.63. The second kappa shape index (κ2) is 7.91. The van der Waals surface area contributed by atoms with E-state index in [4.69, 9.17) is 11.6 Å². The second-order valence-corrected chi connectivity index (χ2v) is 6.44. The van der Waals surface area contributed by atoms with Crippen molar-refractivity contribution in [1.29, 1.82) is 0 Å². The summed E-state index contributed by atoms with van der Waals surface area (Å²) in [5.41, 5.74) is 1.35. The Morgan fingerprint density at radius 3 is 2.11 bits per heavy atom. The van der Waals surface area contributed by atoms with Gasteiger partial charge in [-0.1, -0.05) is 88.3 Å². The predicted octanol–water partition coefficient (Wildman–Crippen LogP) is 6.19. The molecule has 0 fully saturated rings. The highest BCUT2D eigenvalue weighted by Crippen LogP contribution is 2.40. The smallest absolute Gasteiger partial charge is 0.0444 e. The van der Waals surface area contributed by atoms with Crippen LogP contribution in [0, 0.1) is 5.92 Å². The minimum atomic E-state index is 0.0923. The molecule has 1 aromatic rings. The van der Waals surface area contributed by atoms with Gasteiger partial charge in [-0.15, -0.1) is 0 Å². The number of halogens is 3. The zero-order chi connectivity index (χ0) is 13.6. The summed E-state index contributed by atoms with van der Waals surface area (Å²) in [6, 6.07) is 8.22. The van der Waals surface area contributed by atoms with Crippen molar-refractivity contribution < 1.29 is 0 Å². The van der Waals surface area contributed by atoms with Gasteiger partial charge in [-0.25, -0.2) is 0 Å². The van der Waals surface area contributed by atoms with Gasteiger partial charge in [0.15, 0.2) is 0 Å². The maximum absolute atomic E-state index is 6.39. The third kappa shape index (κ3) is 3.74. The van der Waals surface area contributed by atoms with Crippen molar-refractivity contribution in [3.05, 3.63) is 34.9 Å². The fraction of sp³-hybridized carbons (Fsp3) is 0.600. The Kier molecular flexibility index (Phi) is 7.27. The molecule has 0 aromatic heterocycles.